The minimum Gasteiger partial charge on any atom is -0.497 e. The predicted molar refractivity (Wildman–Crippen MR) is 143 cm³/mol. The van der Waals surface area contributed by atoms with E-state index < -0.39 is 0 Å². The molecular formula is C30H43N3O. The van der Waals surface area contributed by atoms with Crippen LogP contribution in [0.3, 0.4) is 0 Å². The standard InChI is InChI=1S/C30H43N3O/c1-4-6-8-9-10-14-20-28(31-23-25-16-15-19-27(22-25)34-3)29-24-32-30(33(29)21-7-5-2)26-17-12-11-13-18-26/h11-13,15-19,22,24,28,31H,4-10,14,20-21,23H2,1-3H3. The number of aromatic nitrogens is 2. The smallest absolute Gasteiger partial charge is 0.140 e. The second-order valence-corrected chi connectivity index (χ2v) is 9.22. The molecule has 0 amide bonds. The summed E-state index contributed by atoms with van der Waals surface area (Å²) in [7, 11) is 1.73. The maximum Gasteiger partial charge on any atom is 0.140 e. The highest BCUT2D eigenvalue weighted by Gasteiger charge is 2.19. The maximum absolute atomic E-state index is 5.43. The Bertz CT molecular complexity index is 951. The molecule has 3 rings (SSSR count). The van der Waals surface area contributed by atoms with Gasteiger partial charge in [-0.05, 0) is 30.5 Å². The number of hydrogen-bond acceptors (Lipinski definition) is 3. The van der Waals surface area contributed by atoms with Crippen molar-refractivity contribution in [2.45, 2.75) is 90.8 Å². The molecule has 4 nitrogen and oxygen atoms in total. The van der Waals surface area contributed by atoms with Crippen molar-refractivity contribution in [1.82, 2.24) is 14.9 Å². The van der Waals surface area contributed by atoms with E-state index in [-0.39, 0.29) is 6.04 Å². The molecule has 34 heavy (non-hydrogen) atoms. The first-order valence-electron chi connectivity index (χ1n) is 13.2. The lowest BCUT2D eigenvalue weighted by molar-refractivity contribution is 0.412. The number of nitrogens with one attached hydrogen (secondary N) is 1. The van der Waals surface area contributed by atoms with Crippen molar-refractivity contribution in [3.8, 4) is 17.1 Å². The molecule has 1 N–H and O–H groups in total. The van der Waals surface area contributed by atoms with E-state index >= 15 is 0 Å². The van der Waals surface area contributed by atoms with E-state index in [1.54, 1.807) is 7.11 Å². The van der Waals surface area contributed by atoms with Crippen LogP contribution in [-0.2, 0) is 13.1 Å². The topological polar surface area (TPSA) is 39.1 Å². The van der Waals surface area contributed by atoms with E-state index in [0.717, 1.165) is 37.5 Å². The van der Waals surface area contributed by atoms with Gasteiger partial charge in [0.2, 0.25) is 0 Å². The van der Waals surface area contributed by atoms with Crippen molar-refractivity contribution in [2.24, 2.45) is 0 Å². The third-order valence-electron chi connectivity index (χ3n) is 6.54. The van der Waals surface area contributed by atoms with Gasteiger partial charge in [0.15, 0.2) is 0 Å². The molecule has 184 valence electrons. The molecule has 0 saturated carbocycles. The molecule has 4 heteroatoms. The predicted octanol–water partition coefficient (Wildman–Crippen LogP) is 7.94. The fourth-order valence-electron chi connectivity index (χ4n) is 4.54. The normalized spacial score (nSPS) is 12.1. The summed E-state index contributed by atoms with van der Waals surface area (Å²) in [4.78, 5) is 4.91. The number of hydrogen-bond donors (Lipinski definition) is 1. The van der Waals surface area contributed by atoms with Crippen LogP contribution in [0.1, 0.15) is 88.9 Å². The maximum atomic E-state index is 5.43. The average molecular weight is 462 g/mol. The van der Waals surface area contributed by atoms with Crippen molar-refractivity contribution >= 4 is 0 Å². The van der Waals surface area contributed by atoms with Crippen LogP contribution in [-0.4, -0.2) is 16.7 Å². The minimum atomic E-state index is 0.277. The molecule has 0 bridgehead atoms. The molecule has 0 radical (unpaired) electrons. The first-order valence-corrected chi connectivity index (χ1v) is 13.2. The summed E-state index contributed by atoms with van der Waals surface area (Å²) in [5, 5.41) is 3.87. The summed E-state index contributed by atoms with van der Waals surface area (Å²) in [6, 6.07) is 19.2. The van der Waals surface area contributed by atoms with Crippen LogP contribution >= 0.6 is 0 Å². The van der Waals surface area contributed by atoms with Crippen molar-refractivity contribution in [2.75, 3.05) is 7.11 Å². The van der Waals surface area contributed by atoms with Crippen LogP contribution < -0.4 is 10.1 Å². The highest BCUT2D eigenvalue weighted by Crippen LogP contribution is 2.28. The first kappa shape index (κ1) is 26.0. The number of nitrogens with zero attached hydrogens (tertiary/aromatic N) is 2. The van der Waals surface area contributed by atoms with Gasteiger partial charge in [-0.15, -0.1) is 0 Å². The van der Waals surface area contributed by atoms with E-state index in [4.69, 9.17) is 9.72 Å². The van der Waals surface area contributed by atoms with Gasteiger partial charge in [0, 0.05) is 24.7 Å². The van der Waals surface area contributed by atoms with Gasteiger partial charge in [0.1, 0.15) is 11.6 Å². The van der Waals surface area contributed by atoms with Crippen molar-refractivity contribution in [3.05, 3.63) is 72.1 Å². The molecule has 0 aliphatic carbocycles. The number of benzene rings is 2. The number of ether oxygens (including phenoxy) is 1. The van der Waals surface area contributed by atoms with Gasteiger partial charge in [0.05, 0.1) is 19.0 Å². The van der Waals surface area contributed by atoms with E-state index in [9.17, 15) is 0 Å². The Kier molecular flexibility index (Phi) is 11.2. The number of unbranched alkanes of at least 4 members (excludes halogenated alkanes) is 6. The van der Waals surface area contributed by atoms with Gasteiger partial charge >= 0.3 is 0 Å². The summed E-state index contributed by atoms with van der Waals surface area (Å²) >= 11 is 0. The molecule has 0 saturated heterocycles. The zero-order valence-electron chi connectivity index (χ0n) is 21.4. The largest absolute Gasteiger partial charge is 0.497 e. The van der Waals surface area contributed by atoms with Crippen molar-refractivity contribution in [3.63, 3.8) is 0 Å². The number of methoxy groups -OCH3 is 1. The molecule has 1 unspecified atom stereocenters. The highest BCUT2D eigenvalue weighted by atomic mass is 16.5. The van der Waals surface area contributed by atoms with Crippen molar-refractivity contribution in [1.29, 1.82) is 0 Å². The minimum absolute atomic E-state index is 0.277. The zero-order chi connectivity index (χ0) is 24.0. The van der Waals surface area contributed by atoms with Crippen LogP contribution in [0.15, 0.2) is 60.8 Å². The third-order valence-corrected chi connectivity index (χ3v) is 6.54. The Morgan fingerprint density at radius 1 is 0.882 bits per heavy atom. The average Bonchev–Trinajstić information content (AvgIpc) is 3.30. The van der Waals surface area contributed by atoms with Gasteiger partial charge in [-0.1, -0.05) is 101 Å². The fraction of sp³-hybridized carbons (Fsp3) is 0.500. The van der Waals surface area contributed by atoms with Gasteiger partial charge in [0.25, 0.3) is 0 Å². The van der Waals surface area contributed by atoms with E-state index in [2.05, 4.69) is 78.5 Å². The van der Waals surface area contributed by atoms with Crippen molar-refractivity contribution < 1.29 is 4.74 Å². The van der Waals surface area contributed by atoms with Crippen LogP contribution in [0.5, 0.6) is 5.75 Å². The molecule has 1 heterocycles. The molecule has 1 aromatic heterocycles. The SMILES string of the molecule is CCCCCCCCC(NCc1cccc(OC)c1)c1cnc(-c2ccccc2)n1CCCC. The summed E-state index contributed by atoms with van der Waals surface area (Å²) in [6.07, 6.45) is 13.4. The quantitative estimate of drug-likeness (QED) is 0.220. The Hall–Kier alpha value is -2.59. The third kappa shape index (κ3) is 7.73. The van der Waals surface area contributed by atoms with Crippen LogP contribution in [0.25, 0.3) is 11.4 Å². The molecule has 1 atom stereocenters. The lowest BCUT2D eigenvalue weighted by atomic mass is 10.0. The summed E-state index contributed by atoms with van der Waals surface area (Å²) in [6.45, 7) is 6.36. The Labute approximate surface area is 206 Å². The highest BCUT2D eigenvalue weighted by molar-refractivity contribution is 5.56. The lowest BCUT2D eigenvalue weighted by Gasteiger charge is -2.22. The lowest BCUT2D eigenvalue weighted by Crippen LogP contribution is -2.24. The Morgan fingerprint density at radius 2 is 1.65 bits per heavy atom. The number of imidazole rings is 1. The van der Waals surface area contributed by atoms with Crippen LogP contribution in [0, 0.1) is 0 Å². The van der Waals surface area contributed by atoms with Gasteiger partial charge in [-0.25, -0.2) is 4.98 Å². The summed E-state index contributed by atoms with van der Waals surface area (Å²) in [5.74, 6) is 1.99. The van der Waals surface area contributed by atoms with Gasteiger partial charge in [-0.2, -0.15) is 0 Å². The molecule has 0 spiro atoms. The second kappa shape index (κ2) is 14.6. The van der Waals surface area contributed by atoms with E-state index in [1.807, 2.05) is 6.07 Å². The van der Waals surface area contributed by atoms with Gasteiger partial charge in [-0.3, -0.25) is 0 Å². The molecule has 0 aliphatic heterocycles. The van der Waals surface area contributed by atoms with Gasteiger partial charge < -0.3 is 14.6 Å². The van der Waals surface area contributed by atoms with Crippen LogP contribution in [0.2, 0.25) is 0 Å². The number of rotatable bonds is 16. The van der Waals surface area contributed by atoms with E-state index in [0.29, 0.717) is 0 Å². The molecule has 0 fully saturated rings. The molecular weight excluding hydrogens is 418 g/mol. The first-order chi connectivity index (χ1) is 16.8. The Morgan fingerprint density at radius 3 is 2.41 bits per heavy atom. The van der Waals surface area contributed by atoms with E-state index in [1.165, 1.54) is 61.8 Å². The molecule has 2 aromatic carbocycles. The Balaban J connectivity index is 1.80. The molecule has 0 aliphatic rings. The second-order valence-electron chi connectivity index (χ2n) is 9.22. The zero-order valence-corrected chi connectivity index (χ0v) is 21.4. The monoisotopic (exact) mass is 461 g/mol. The fourth-order valence-corrected chi connectivity index (χ4v) is 4.54. The van der Waals surface area contributed by atoms with Crippen LogP contribution in [0.4, 0.5) is 0 Å². The summed E-state index contributed by atoms with van der Waals surface area (Å²) < 4.78 is 7.89. The summed E-state index contributed by atoms with van der Waals surface area (Å²) in [5.41, 5.74) is 3.75. The molecule has 3 aromatic rings.